The van der Waals surface area contributed by atoms with Crippen LogP contribution in [0.3, 0.4) is 0 Å². The lowest BCUT2D eigenvalue weighted by Crippen LogP contribution is -2.23. The van der Waals surface area contributed by atoms with Crippen LogP contribution in [0.15, 0.2) is 42.7 Å². The van der Waals surface area contributed by atoms with E-state index in [1.165, 1.54) is 0 Å². The van der Waals surface area contributed by atoms with Crippen molar-refractivity contribution in [2.75, 3.05) is 12.4 Å². The first-order chi connectivity index (χ1) is 9.20. The molecule has 0 radical (unpaired) electrons. The topological polar surface area (TPSA) is 54.0 Å². The summed E-state index contributed by atoms with van der Waals surface area (Å²) in [7, 11) is 1.81. The summed E-state index contributed by atoms with van der Waals surface area (Å²) in [5.74, 6) is -0.0896. The summed E-state index contributed by atoms with van der Waals surface area (Å²) in [5, 5.41) is 5.93. The van der Waals surface area contributed by atoms with Crippen LogP contribution in [0.1, 0.15) is 21.5 Å². The van der Waals surface area contributed by atoms with E-state index >= 15 is 0 Å². The molecule has 19 heavy (non-hydrogen) atoms. The van der Waals surface area contributed by atoms with Gasteiger partial charge in [-0.05, 0) is 36.2 Å². The first-order valence-electron chi connectivity index (χ1n) is 6.16. The van der Waals surface area contributed by atoms with E-state index in [4.69, 9.17) is 0 Å². The molecule has 1 heterocycles. The molecule has 2 rings (SSSR count). The van der Waals surface area contributed by atoms with E-state index in [0.717, 1.165) is 16.8 Å². The maximum absolute atomic E-state index is 12.1. The Morgan fingerprint density at radius 3 is 2.84 bits per heavy atom. The number of anilines is 1. The molecule has 0 bridgehead atoms. The Bertz CT molecular complexity index is 567. The van der Waals surface area contributed by atoms with Crippen molar-refractivity contribution in [2.45, 2.75) is 13.5 Å². The molecule has 2 N–H and O–H groups in total. The van der Waals surface area contributed by atoms with Crippen LogP contribution in [-0.4, -0.2) is 17.9 Å². The van der Waals surface area contributed by atoms with Gasteiger partial charge in [-0.3, -0.25) is 9.78 Å². The van der Waals surface area contributed by atoms with Crippen molar-refractivity contribution in [3.63, 3.8) is 0 Å². The Kier molecular flexibility index (Phi) is 4.13. The molecule has 0 fully saturated rings. The molecule has 0 atom stereocenters. The lowest BCUT2D eigenvalue weighted by Gasteiger charge is -2.10. The summed E-state index contributed by atoms with van der Waals surface area (Å²) < 4.78 is 0. The smallest absolute Gasteiger partial charge is 0.253 e. The summed E-state index contributed by atoms with van der Waals surface area (Å²) >= 11 is 0. The van der Waals surface area contributed by atoms with Crippen LogP contribution in [0.5, 0.6) is 0 Å². The van der Waals surface area contributed by atoms with Crippen molar-refractivity contribution >= 4 is 11.6 Å². The van der Waals surface area contributed by atoms with Crippen LogP contribution >= 0.6 is 0 Å². The molecular formula is C15H17N3O. The number of nitrogens with one attached hydrogen (secondary N) is 2. The Morgan fingerprint density at radius 1 is 1.32 bits per heavy atom. The highest BCUT2D eigenvalue weighted by Gasteiger charge is 2.10. The predicted octanol–water partition coefficient (Wildman–Crippen LogP) is 2.36. The van der Waals surface area contributed by atoms with Gasteiger partial charge < -0.3 is 10.6 Å². The second-order valence-electron chi connectivity index (χ2n) is 4.34. The molecule has 0 saturated carbocycles. The number of aryl methyl sites for hydroxylation is 1. The molecule has 1 amide bonds. The zero-order valence-corrected chi connectivity index (χ0v) is 11.1. The third-order valence-corrected chi connectivity index (χ3v) is 2.86. The highest BCUT2D eigenvalue weighted by atomic mass is 16.1. The van der Waals surface area contributed by atoms with Crippen LogP contribution in [-0.2, 0) is 6.54 Å². The second-order valence-corrected chi connectivity index (χ2v) is 4.34. The quantitative estimate of drug-likeness (QED) is 0.881. The number of pyridine rings is 1. The highest BCUT2D eigenvalue weighted by Crippen LogP contribution is 2.16. The number of rotatable bonds is 4. The Morgan fingerprint density at radius 2 is 2.16 bits per heavy atom. The molecule has 4 nitrogen and oxygen atoms in total. The van der Waals surface area contributed by atoms with Crippen LogP contribution in [0.2, 0.25) is 0 Å². The fraction of sp³-hybridized carbons (Fsp3) is 0.200. The number of nitrogens with zero attached hydrogens (tertiary/aromatic N) is 1. The molecule has 1 aromatic carbocycles. The summed E-state index contributed by atoms with van der Waals surface area (Å²) in [6.07, 6.45) is 3.46. The first kappa shape index (κ1) is 13.1. The molecular weight excluding hydrogens is 238 g/mol. The SMILES string of the molecule is CNc1cc(C)ccc1C(=O)NCc1cccnc1. The molecule has 0 aliphatic carbocycles. The number of aromatic nitrogens is 1. The highest BCUT2D eigenvalue weighted by molar-refractivity contribution is 5.99. The van der Waals surface area contributed by atoms with Gasteiger partial charge in [0.15, 0.2) is 0 Å². The molecule has 0 spiro atoms. The number of hydrogen-bond acceptors (Lipinski definition) is 3. The molecule has 0 aliphatic rings. The van der Waals surface area contributed by atoms with Crippen LogP contribution < -0.4 is 10.6 Å². The van der Waals surface area contributed by atoms with Gasteiger partial charge in [0.25, 0.3) is 5.91 Å². The minimum Gasteiger partial charge on any atom is -0.387 e. The van der Waals surface area contributed by atoms with Crippen molar-refractivity contribution < 1.29 is 4.79 Å². The summed E-state index contributed by atoms with van der Waals surface area (Å²) in [4.78, 5) is 16.2. The van der Waals surface area contributed by atoms with Crippen molar-refractivity contribution in [2.24, 2.45) is 0 Å². The fourth-order valence-corrected chi connectivity index (χ4v) is 1.84. The van der Waals surface area contributed by atoms with E-state index in [1.807, 2.05) is 44.3 Å². The standard InChI is InChI=1S/C15H17N3O/c1-11-5-6-13(14(8-11)16-2)15(19)18-10-12-4-3-7-17-9-12/h3-9,16H,10H2,1-2H3,(H,18,19). The number of carbonyl (C=O) groups is 1. The van der Waals surface area contributed by atoms with Crippen molar-refractivity contribution in [3.8, 4) is 0 Å². The number of benzene rings is 1. The summed E-state index contributed by atoms with van der Waals surface area (Å²) in [6.45, 7) is 2.47. The minimum atomic E-state index is -0.0896. The molecule has 98 valence electrons. The summed E-state index contributed by atoms with van der Waals surface area (Å²) in [6, 6.07) is 9.51. The predicted molar refractivity (Wildman–Crippen MR) is 76.1 cm³/mol. The van der Waals surface area contributed by atoms with Crippen LogP contribution in [0.4, 0.5) is 5.69 Å². The second kappa shape index (κ2) is 6.00. The van der Waals surface area contributed by atoms with E-state index in [1.54, 1.807) is 12.4 Å². The maximum atomic E-state index is 12.1. The maximum Gasteiger partial charge on any atom is 0.253 e. The fourth-order valence-electron chi connectivity index (χ4n) is 1.84. The van der Waals surface area contributed by atoms with Gasteiger partial charge in [0.2, 0.25) is 0 Å². The van der Waals surface area contributed by atoms with E-state index in [0.29, 0.717) is 12.1 Å². The van der Waals surface area contributed by atoms with Gasteiger partial charge in [-0.2, -0.15) is 0 Å². The van der Waals surface area contributed by atoms with Gasteiger partial charge in [0.1, 0.15) is 0 Å². The lowest BCUT2D eigenvalue weighted by molar-refractivity contribution is 0.0951. The van der Waals surface area contributed by atoms with Crippen molar-refractivity contribution in [1.29, 1.82) is 0 Å². The molecule has 0 saturated heterocycles. The van der Waals surface area contributed by atoms with Crippen molar-refractivity contribution in [3.05, 3.63) is 59.4 Å². The monoisotopic (exact) mass is 255 g/mol. The molecule has 0 aliphatic heterocycles. The molecule has 1 aromatic heterocycles. The Balaban J connectivity index is 2.08. The molecule has 0 unspecified atom stereocenters. The minimum absolute atomic E-state index is 0.0896. The van der Waals surface area contributed by atoms with Gasteiger partial charge in [-0.25, -0.2) is 0 Å². The third-order valence-electron chi connectivity index (χ3n) is 2.86. The van der Waals surface area contributed by atoms with Crippen LogP contribution in [0.25, 0.3) is 0 Å². The van der Waals surface area contributed by atoms with E-state index in [9.17, 15) is 4.79 Å². The van der Waals surface area contributed by atoms with Gasteiger partial charge in [-0.1, -0.05) is 12.1 Å². The van der Waals surface area contributed by atoms with E-state index in [2.05, 4.69) is 15.6 Å². The van der Waals surface area contributed by atoms with E-state index < -0.39 is 0 Å². The number of hydrogen-bond donors (Lipinski definition) is 2. The summed E-state index contributed by atoms with van der Waals surface area (Å²) in [5.41, 5.74) is 3.59. The Labute approximate surface area is 112 Å². The largest absolute Gasteiger partial charge is 0.387 e. The average molecular weight is 255 g/mol. The van der Waals surface area contributed by atoms with Gasteiger partial charge in [-0.15, -0.1) is 0 Å². The first-order valence-corrected chi connectivity index (χ1v) is 6.16. The zero-order valence-electron chi connectivity index (χ0n) is 11.1. The zero-order chi connectivity index (χ0) is 13.7. The van der Waals surface area contributed by atoms with E-state index in [-0.39, 0.29) is 5.91 Å². The molecule has 4 heteroatoms. The number of amides is 1. The third kappa shape index (κ3) is 3.31. The normalized spacial score (nSPS) is 10.0. The Hall–Kier alpha value is -2.36. The van der Waals surface area contributed by atoms with Crippen molar-refractivity contribution in [1.82, 2.24) is 10.3 Å². The van der Waals surface area contributed by atoms with Gasteiger partial charge in [0, 0.05) is 31.7 Å². The average Bonchev–Trinajstić information content (AvgIpc) is 2.45. The number of carbonyl (C=O) groups excluding carboxylic acids is 1. The van der Waals surface area contributed by atoms with Gasteiger partial charge >= 0.3 is 0 Å². The molecule has 2 aromatic rings. The lowest BCUT2D eigenvalue weighted by atomic mass is 10.1. The van der Waals surface area contributed by atoms with Gasteiger partial charge in [0.05, 0.1) is 5.56 Å². The van der Waals surface area contributed by atoms with Crippen LogP contribution in [0, 0.1) is 6.92 Å².